The highest BCUT2D eigenvalue weighted by Gasteiger charge is 2.26. The number of rotatable bonds is 6. The van der Waals surface area contributed by atoms with E-state index >= 15 is 0 Å². The number of aliphatic hydroxyl groups excluding tert-OH is 1. The lowest BCUT2D eigenvalue weighted by atomic mass is 9.93. The fourth-order valence-electron chi connectivity index (χ4n) is 2.83. The first-order chi connectivity index (χ1) is 9.78. The van der Waals surface area contributed by atoms with E-state index in [4.69, 9.17) is 5.11 Å². The van der Waals surface area contributed by atoms with Crippen LogP contribution in [-0.4, -0.2) is 40.0 Å². The van der Waals surface area contributed by atoms with Gasteiger partial charge in [0.2, 0.25) is 5.91 Å². The molecule has 2 aliphatic rings. The highest BCUT2D eigenvalue weighted by atomic mass is 16.3. The maximum Gasteiger partial charge on any atom is 0.234 e. The normalized spacial score (nSPS) is 21.6. The van der Waals surface area contributed by atoms with Crippen molar-refractivity contribution in [2.45, 2.75) is 50.7 Å². The molecule has 20 heavy (non-hydrogen) atoms. The van der Waals surface area contributed by atoms with E-state index < -0.39 is 0 Å². The van der Waals surface area contributed by atoms with E-state index in [2.05, 4.69) is 15.7 Å². The molecule has 0 aliphatic heterocycles. The van der Waals surface area contributed by atoms with Crippen molar-refractivity contribution in [1.29, 1.82) is 0 Å². The predicted molar refractivity (Wildman–Crippen MR) is 74.2 cm³/mol. The molecule has 1 aromatic heterocycles. The van der Waals surface area contributed by atoms with Gasteiger partial charge in [-0.1, -0.05) is 0 Å². The van der Waals surface area contributed by atoms with Crippen LogP contribution < -0.4 is 10.6 Å². The maximum absolute atomic E-state index is 11.9. The molecule has 6 nitrogen and oxygen atoms in total. The summed E-state index contributed by atoms with van der Waals surface area (Å²) in [5.41, 5.74) is 2.27. The summed E-state index contributed by atoms with van der Waals surface area (Å²) < 4.78 is 1.86. The molecule has 0 bridgehead atoms. The van der Waals surface area contributed by atoms with E-state index in [0.717, 1.165) is 30.5 Å². The first kappa shape index (κ1) is 13.6. The zero-order valence-corrected chi connectivity index (χ0v) is 11.6. The summed E-state index contributed by atoms with van der Waals surface area (Å²) in [6.07, 6.45) is 7.20. The molecule has 1 atom stereocenters. The molecule has 0 saturated heterocycles. The van der Waals surface area contributed by atoms with Crippen molar-refractivity contribution in [1.82, 2.24) is 20.4 Å². The molecular formula is C14H22N4O2. The van der Waals surface area contributed by atoms with Gasteiger partial charge in [-0.2, -0.15) is 5.10 Å². The molecule has 1 fully saturated rings. The third kappa shape index (κ3) is 3.02. The minimum absolute atomic E-state index is 0.0599. The number of amides is 1. The van der Waals surface area contributed by atoms with E-state index in [0.29, 0.717) is 19.1 Å². The SMILES string of the molecule is O=C(CNC1CC1)NC1CCCc2c1cnn2CCO. The zero-order chi connectivity index (χ0) is 13.9. The third-order valence-electron chi connectivity index (χ3n) is 4.04. The fraction of sp³-hybridized carbons (Fsp3) is 0.714. The highest BCUT2D eigenvalue weighted by molar-refractivity contribution is 5.78. The van der Waals surface area contributed by atoms with Crippen LogP contribution in [0.4, 0.5) is 0 Å². The van der Waals surface area contributed by atoms with Crippen LogP contribution in [0.15, 0.2) is 6.20 Å². The second-order valence-corrected chi connectivity index (χ2v) is 5.66. The first-order valence-corrected chi connectivity index (χ1v) is 7.46. The van der Waals surface area contributed by atoms with Crippen LogP contribution in [0.2, 0.25) is 0 Å². The van der Waals surface area contributed by atoms with Gasteiger partial charge in [-0.05, 0) is 32.1 Å². The molecule has 0 aromatic carbocycles. The van der Waals surface area contributed by atoms with Crippen LogP contribution in [0.5, 0.6) is 0 Å². The highest BCUT2D eigenvalue weighted by Crippen LogP contribution is 2.29. The van der Waals surface area contributed by atoms with E-state index in [1.54, 1.807) is 0 Å². The molecule has 0 radical (unpaired) electrons. The average molecular weight is 278 g/mol. The molecule has 0 spiro atoms. The van der Waals surface area contributed by atoms with Crippen molar-refractivity contribution in [3.8, 4) is 0 Å². The molecule has 1 amide bonds. The van der Waals surface area contributed by atoms with E-state index in [1.807, 2.05) is 10.9 Å². The summed E-state index contributed by atoms with van der Waals surface area (Å²) in [4.78, 5) is 11.9. The van der Waals surface area contributed by atoms with Gasteiger partial charge in [0.25, 0.3) is 0 Å². The van der Waals surface area contributed by atoms with Crippen LogP contribution in [0.25, 0.3) is 0 Å². The van der Waals surface area contributed by atoms with E-state index in [9.17, 15) is 4.79 Å². The van der Waals surface area contributed by atoms with Gasteiger partial charge in [0.15, 0.2) is 0 Å². The fourth-order valence-corrected chi connectivity index (χ4v) is 2.83. The first-order valence-electron chi connectivity index (χ1n) is 7.46. The van der Waals surface area contributed by atoms with Crippen LogP contribution in [-0.2, 0) is 17.8 Å². The number of carbonyl (C=O) groups excluding carboxylic acids is 1. The number of nitrogens with zero attached hydrogens (tertiary/aromatic N) is 2. The summed E-state index contributed by atoms with van der Waals surface area (Å²) in [5, 5.41) is 19.7. The van der Waals surface area contributed by atoms with Gasteiger partial charge < -0.3 is 15.7 Å². The minimum Gasteiger partial charge on any atom is -0.394 e. The molecule has 3 rings (SSSR count). The lowest BCUT2D eigenvalue weighted by Crippen LogP contribution is -2.38. The Morgan fingerprint density at radius 1 is 1.45 bits per heavy atom. The Morgan fingerprint density at radius 2 is 2.30 bits per heavy atom. The number of nitrogens with one attached hydrogen (secondary N) is 2. The summed E-state index contributed by atoms with van der Waals surface area (Å²) in [7, 11) is 0. The Morgan fingerprint density at radius 3 is 3.05 bits per heavy atom. The van der Waals surface area contributed by atoms with Crippen LogP contribution in [0.3, 0.4) is 0 Å². The van der Waals surface area contributed by atoms with Crippen molar-refractivity contribution in [2.24, 2.45) is 0 Å². The molecule has 1 saturated carbocycles. The Kier molecular flexibility index (Phi) is 4.03. The van der Waals surface area contributed by atoms with Gasteiger partial charge in [0.05, 0.1) is 31.9 Å². The minimum atomic E-state index is 0.0599. The average Bonchev–Trinajstić information content (AvgIpc) is 3.19. The Bertz CT molecular complexity index is 482. The molecule has 110 valence electrons. The molecule has 6 heteroatoms. The quantitative estimate of drug-likeness (QED) is 0.690. The van der Waals surface area contributed by atoms with Gasteiger partial charge in [-0.3, -0.25) is 9.48 Å². The monoisotopic (exact) mass is 278 g/mol. The van der Waals surface area contributed by atoms with Crippen LogP contribution >= 0.6 is 0 Å². The van der Waals surface area contributed by atoms with Gasteiger partial charge in [-0.25, -0.2) is 0 Å². The van der Waals surface area contributed by atoms with Crippen molar-refractivity contribution >= 4 is 5.91 Å². The smallest absolute Gasteiger partial charge is 0.234 e. The summed E-state index contributed by atoms with van der Waals surface area (Å²) in [6, 6.07) is 0.620. The van der Waals surface area contributed by atoms with Crippen molar-refractivity contribution in [3.05, 3.63) is 17.5 Å². The summed E-state index contributed by atoms with van der Waals surface area (Å²) in [6.45, 7) is 1.02. The third-order valence-corrected chi connectivity index (χ3v) is 4.04. The molecule has 1 aromatic rings. The summed E-state index contributed by atoms with van der Waals surface area (Å²) >= 11 is 0. The molecule has 3 N–H and O–H groups in total. The second-order valence-electron chi connectivity index (χ2n) is 5.66. The largest absolute Gasteiger partial charge is 0.394 e. The van der Waals surface area contributed by atoms with Crippen LogP contribution in [0.1, 0.15) is 43.0 Å². The van der Waals surface area contributed by atoms with E-state index in [-0.39, 0.29) is 18.6 Å². The Labute approximate surface area is 118 Å². The van der Waals surface area contributed by atoms with Crippen molar-refractivity contribution in [2.75, 3.05) is 13.2 Å². The lowest BCUT2D eigenvalue weighted by Gasteiger charge is -2.24. The van der Waals surface area contributed by atoms with Crippen LogP contribution in [0, 0.1) is 0 Å². The van der Waals surface area contributed by atoms with Crippen molar-refractivity contribution < 1.29 is 9.90 Å². The number of carbonyl (C=O) groups is 1. The topological polar surface area (TPSA) is 79.2 Å². The van der Waals surface area contributed by atoms with Gasteiger partial charge in [0.1, 0.15) is 0 Å². The Balaban J connectivity index is 1.61. The number of fused-ring (bicyclic) bond motifs is 1. The molecular weight excluding hydrogens is 256 g/mol. The molecule has 2 aliphatic carbocycles. The van der Waals surface area contributed by atoms with Gasteiger partial charge >= 0.3 is 0 Å². The molecule has 1 heterocycles. The number of hydrogen-bond donors (Lipinski definition) is 3. The van der Waals surface area contributed by atoms with Gasteiger partial charge in [-0.15, -0.1) is 0 Å². The van der Waals surface area contributed by atoms with E-state index in [1.165, 1.54) is 12.8 Å². The standard InChI is InChI=1S/C14H22N4O2/c19-7-6-18-13-3-1-2-12(11(13)8-16-18)17-14(20)9-15-10-4-5-10/h8,10,12,15,19H,1-7,9H2,(H,17,20). The second kappa shape index (κ2) is 5.93. The number of aromatic nitrogens is 2. The number of aliphatic hydroxyl groups is 1. The zero-order valence-electron chi connectivity index (χ0n) is 11.6. The van der Waals surface area contributed by atoms with Gasteiger partial charge in [0, 0.05) is 17.3 Å². The predicted octanol–water partition coefficient (Wildman–Crippen LogP) is 0.121. The molecule has 1 unspecified atom stereocenters. The summed E-state index contributed by atoms with van der Waals surface area (Å²) in [5.74, 6) is 0.0599. The number of hydrogen-bond acceptors (Lipinski definition) is 4. The van der Waals surface area contributed by atoms with Crippen molar-refractivity contribution in [3.63, 3.8) is 0 Å². The Hall–Kier alpha value is -1.40. The lowest BCUT2D eigenvalue weighted by molar-refractivity contribution is -0.121. The maximum atomic E-state index is 11.9.